The highest BCUT2D eigenvalue weighted by molar-refractivity contribution is 6.42. The molecule has 2 fully saturated rings. The van der Waals surface area contributed by atoms with Gasteiger partial charge in [0, 0.05) is 38.0 Å². The molecule has 0 spiro atoms. The third-order valence-corrected chi connectivity index (χ3v) is 9.57. The molecule has 0 radical (unpaired) electrons. The van der Waals surface area contributed by atoms with Crippen LogP contribution in [0.25, 0.3) is 0 Å². The van der Waals surface area contributed by atoms with Crippen molar-refractivity contribution in [1.82, 2.24) is 9.80 Å². The molecule has 1 atom stereocenters. The number of ether oxygens (including phenoxy) is 1. The standard InChI is InChI=1S/C33H38Cl2N2O3/c1-40-28-10-5-7-25(21-28)23-37-24-32(15-13-31(37)38,27-11-12-29(34)30(35)22-27)14-6-18-36-19-16-33(39,17-20-36)26-8-3-2-4-9-26/h2-5,7-12,21-22,39H,6,13-20,23-24H2,1H3. The monoisotopic (exact) mass is 580 g/mol. The SMILES string of the molecule is COc1cccc(CN2CC(CCCN3CCC(O)(c4ccccc4)CC3)(c3ccc(Cl)c(Cl)c3)CCC2=O)c1. The van der Waals surface area contributed by atoms with Crippen LogP contribution in [0.5, 0.6) is 5.75 Å². The molecular weight excluding hydrogens is 543 g/mol. The zero-order valence-electron chi connectivity index (χ0n) is 23.1. The van der Waals surface area contributed by atoms with E-state index < -0.39 is 5.60 Å². The van der Waals surface area contributed by atoms with Crippen molar-refractivity contribution in [3.05, 3.63) is 99.5 Å². The molecule has 0 bridgehead atoms. The van der Waals surface area contributed by atoms with E-state index in [0.717, 1.165) is 74.2 Å². The number of methoxy groups -OCH3 is 1. The van der Waals surface area contributed by atoms with E-state index in [1.807, 2.05) is 71.6 Å². The number of carbonyl (C=O) groups is 1. The lowest BCUT2D eigenvalue weighted by Crippen LogP contribution is -2.49. The van der Waals surface area contributed by atoms with Gasteiger partial charge in [0.05, 0.1) is 22.8 Å². The van der Waals surface area contributed by atoms with E-state index in [1.165, 1.54) is 0 Å². The van der Waals surface area contributed by atoms with Gasteiger partial charge in [-0.3, -0.25) is 4.79 Å². The summed E-state index contributed by atoms with van der Waals surface area (Å²) in [5, 5.41) is 12.3. The molecular formula is C33H38Cl2N2O3. The minimum atomic E-state index is -0.747. The molecule has 2 saturated heterocycles. The van der Waals surface area contributed by atoms with Gasteiger partial charge in [-0.25, -0.2) is 0 Å². The van der Waals surface area contributed by atoms with Crippen LogP contribution >= 0.6 is 23.2 Å². The number of rotatable bonds is 9. The van der Waals surface area contributed by atoms with Crippen molar-refractivity contribution in [1.29, 1.82) is 0 Å². The third kappa shape index (κ3) is 6.49. The van der Waals surface area contributed by atoms with Gasteiger partial charge < -0.3 is 19.6 Å². The zero-order chi connectivity index (χ0) is 28.2. The Balaban J connectivity index is 1.29. The van der Waals surface area contributed by atoms with Gasteiger partial charge in [-0.2, -0.15) is 0 Å². The lowest BCUT2D eigenvalue weighted by Gasteiger charge is -2.44. The average molecular weight is 582 g/mol. The summed E-state index contributed by atoms with van der Waals surface area (Å²) in [5.74, 6) is 0.966. The molecule has 5 nitrogen and oxygen atoms in total. The number of halogens is 2. The summed E-state index contributed by atoms with van der Waals surface area (Å²) < 4.78 is 5.40. The molecule has 0 aromatic heterocycles. The zero-order valence-corrected chi connectivity index (χ0v) is 24.6. The number of carbonyl (C=O) groups excluding carboxylic acids is 1. The number of likely N-dealkylation sites (tertiary alicyclic amines) is 2. The van der Waals surface area contributed by atoms with Crippen LogP contribution in [0.2, 0.25) is 10.0 Å². The van der Waals surface area contributed by atoms with Crippen molar-refractivity contribution >= 4 is 29.1 Å². The van der Waals surface area contributed by atoms with E-state index in [1.54, 1.807) is 7.11 Å². The minimum absolute atomic E-state index is 0.176. The predicted octanol–water partition coefficient (Wildman–Crippen LogP) is 6.83. The Kier molecular flexibility index (Phi) is 9.06. The molecule has 40 heavy (non-hydrogen) atoms. The maximum Gasteiger partial charge on any atom is 0.222 e. The summed E-state index contributed by atoms with van der Waals surface area (Å²) in [6, 6.07) is 23.9. The molecule has 5 rings (SSSR count). The quantitative estimate of drug-likeness (QED) is 0.301. The Morgan fingerprint density at radius 2 is 1.68 bits per heavy atom. The van der Waals surface area contributed by atoms with Gasteiger partial charge in [-0.15, -0.1) is 0 Å². The van der Waals surface area contributed by atoms with Gasteiger partial charge in [0.2, 0.25) is 5.91 Å². The normalized spacial score (nSPS) is 21.4. The van der Waals surface area contributed by atoms with Gasteiger partial charge in [0.25, 0.3) is 0 Å². The fourth-order valence-electron chi connectivity index (χ4n) is 6.41. The summed E-state index contributed by atoms with van der Waals surface area (Å²) >= 11 is 12.8. The van der Waals surface area contributed by atoms with Gasteiger partial charge in [0.1, 0.15) is 5.75 Å². The van der Waals surface area contributed by atoms with E-state index in [2.05, 4.69) is 11.0 Å². The highest BCUT2D eigenvalue weighted by Crippen LogP contribution is 2.41. The Morgan fingerprint density at radius 1 is 0.900 bits per heavy atom. The van der Waals surface area contributed by atoms with Crippen molar-refractivity contribution in [2.24, 2.45) is 0 Å². The molecule has 2 heterocycles. The minimum Gasteiger partial charge on any atom is -0.497 e. The summed E-state index contributed by atoms with van der Waals surface area (Å²) in [6.07, 6.45) is 4.68. The van der Waals surface area contributed by atoms with E-state index in [0.29, 0.717) is 29.6 Å². The van der Waals surface area contributed by atoms with Crippen molar-refractivity contribution < 1.29 is 14.6 Å². The van der Waals surface area contributed by atoms with Gasteiger partial charge >= 0.3 is 0 Å². The molecule has 3 aromatic carbocycles. The number of nitrogens with zero attached hydrogens (tertiary/aromatic N) is 2. The van der Waals surface area contributed by atoms with Crippen LogP contribution in [0, 0.1) is 0 Å². The lowest BCUT2D eigenvalue weighted by molar-refractivity contribution is -0.136. The van der Waals surface area contributed by atoms with Crippen LogP contribution in [0.1, 0.15) is 55.2 Å². The average Bonchev–Trinajstić information content (AvgIpc) is 2.98. The lowest BCUT2D eigenvalue weighted by atomic mass is 9.70. The van der Waals surface area contributed by atoms with Crippen LogP contribution in [0.3, 0.4) is 0 Å². The number of benzene rings is 3. The molecule has 3 aromatic rings. The number of piperidine rings is 2. The van der Waals surface area contributed by atoms with Gasteiger partial charge in [-0.1, -0.05) is 71.7 Å². The Hall–Kier alpha value is -2.57. The van der Waals surface area contributed by atoms with Gasteiger partial charge in [-0.05, 0) is 79.6 Å². The maximum absolute atomic E-state index is 13.1. The molecule has 1 N–H and O–H groups in total. The molecule has 212 valence electrons. The van der Waals surface area contributed by atoms with Crippen LogP contribution < -0.4 is 4.74 Å². The van der Waals surface area contributed by atoms with Gasteiger partial charge in [0.15, 0.2) is 0 Å². The van der Waals surface area contributed by atoms with Crippen molar-refractivity contribution in [3.8, 4) is 5.75 Å². The fraction of sp³-hybridized carbons (Fsp3) is 0.424. The molecule has 0 saturated carbocycles. The van der Waals surface area contributed by atoms with Crippen molar-refractivity contribution in [3.63, 3.8) is 0 Å². The van der Waals surface area contributed by atoms with Crippen LogP contribution in [-0.4, -0.2) is 54.1 Å². The van der Waals surface area contributed by atoms with Crippen molar-refractivity contribution in [2.75, 3.05) is 33.3 Å². The molecule has 7 heteroatoms. The first-order chi connectivity index (χ1) is 19.3. The first-order valence-corrected chi connectivity index (χ1v) is 14.9. The number of aliphatic hydroxyl groups is 1. The highest BCUT2D eigenvalue weighted by atomic mass is 35.5. The number of hydrogen-bond donors (Lipinski definition) is 1. The van der Waals surface area contributed by atoms with Crippen LogP contribution in [-0.2, 0) is 22.4 Å². The third-order valence-electron chi connectivity index (χ3n) is 8.83. The number of amides is 1. The summed E-state index contributed by atoms with van der Waals surface area (Å²) in [7, 11) is 1.66. The summed E-state index contributed by atoms with van der Waals surface area (Å²) in [4.78, 5) is 17.6. The first-order valence-electron chi connectivity index (χ1n) is 14.2. The van der Waals surface area contributed by atoms with Crippen LogP contribution in [0.15, 0.2) is 72.8 Å². The Bertz CT molecular complexity index is 1310. The maximum atomic E-state index is 13.1. The van der Waals surface area contributed by atoms with Crippen molar-refractivity contribution in [2.45, 2.75) is 56.1 Å². The second-order valence-electron chi connectivity index (χ2n) is 11.4. The topological polar surface area (TPSA) is 53.0 Å². The summed E-state index contributed by atoms with van der Waals surface area (Å²) in [5.41, 5.74) is 2.25. The second-order valence-corrected chi connectivity index (χ2v) is 12.2. The first kappa shape index (κ1) is 28.9. The largest absolute Gasteiger partial charge is 0.497 e. The molecule has 0 aliphatic carbocycles. The second kappa shape index (κ2) is 12.5. The summed E-state index contributed by atoms with van der Waals surface area (Å²) in [6.45, 7) is 3.87. The van der Waals surface area contributed by atoms with E-state index in [9.17, 15) is 9.90 Å². The Morgan fingerprint density at radius 3 is 2.40 bits per heavy atom. The van der Waals surface area contributed by atoms with E-state index in [4.69, 9.17) is 27.9 Å². The van der Waals surface area contributed by atoms with E-state index in [-0.39, 0.29) is 11.3 Å². The molecule has 1 amide bonds. The van der Waals surface area contributed by atoms with E-state index >= 15 is 0 Å². The molecule has 2 aliphatic heterocycles. The smallest absolute Gasteiger partial charge is 0.222 e. The van der Waals surface area contributed by atoms with Crippen LogP contribution in [0.4, 0.5) is 0 Å². The Labute approximate surface area is 247 Å². The highest BCUT2D eigenvalue weighted by Gasteiger charge is 2.40. The molecule has 1 unspecified atom stereocenters. The predicted molar refractivity (Wildman–Crippen MR) is 161 cm³/mol. The number of hydrogen-bond acceptors (Lipinski definition) is 4. The molecule has 2 aliphatic rings. The fourth-order valence-corrected chi connectivity index (χ4v) is 6.70.